The fourth-order valence-electron chi connectivity index (χ4n) is 2.23. The van der Waals surface area contributed by atoms with Crippen molar-refractivity contribution in [1.29, 1.82) is 0 Å². The minimum atomic E-state index is -3.91. The normalized spacial score (nSPS) is 12.7. The van der Waals surface area contributed by atoms with Crippen LogP contribution in [0.15, 0.2) is 33.7 Å². The summed E-state index contributed by atoms with van der Waals surface area (Å²) in [6, 6.07) is 6.44. The van der Waals surface area contributed by atoms with E-state index in [1.54, 1.807) is 31.2 Å². The average molecular weight is 351 g/mol. The topological polar surface area (TPSA) is 101 Å². The van der Waals surface area contributed by atoms with E-state index in [0.29, 0.717) is 0 Å². The number of amides is 1. The van der Waals surface area contributed by atoms with E-state index in [0.717, 1.165) is 6.42 Å². The lowest BCUT2D eigenvalue weighted by atomic mass is 10.1. The Morgan fingerprint density at radius 3 is 2.54 bits per heavy atom. The van der Waals surface area contributed by atoms with Crippen LogP contribution in [-0.2, 0) is 10.0 Å². The second kappa shape index (κ2) is 7.04. The van der Waals surface area contributed by atoms with Gasteiger partial charge < -0.3 is 9.84 Å². The van der Waals surface area contributed by atoms with E-state index in [1.807, 2.05) is 13.8 Å². The number of hydrogen-bond donors (Lipinski definition) is 2. The number of nitrogens with zero attached hydrogens (tertiary/aromatic N) is 1. The molecule has 1 atom stereocenters. The van der Waals surface area contributed by atoms with Crippen molar-refractivity contribution in [3.8, 4) is 0 Å². The van der Waals surface area contributed by atoms with Crippen LogP contribution >= 0.6 is 0 Å². The molecule has 130 valence electrons. The Kier molecular flexibility index (Phi) is 5.28. The second-order valence-electron chi connectivity index (χ2n) is 5.59. The van der Waals surface area contributed by atoms with Gasteiger partial charge in [0.15, 0.2) is 10.7 Å². The molecule has 0 saturated heterocycles. The lowest BCUT2D eigenvalue weighted by Crippen LogP contribution is -2.32. The van der Waals surface area contributed by atoms with Crippen molar-refractivity contribution in [3.63, 3.8) is 0 Å². The number of sulfonamides is 1. The molecule has 2 N–H and O–H groups in total. The molecule has 0 unspecified atom stereocenters. The van der Waals surface area contributed by atoms with Crippen LogP contribution < -0.4 is 10.0 Å². The second-order valence-corrected chi connectivity index (χ2v) is 7.21. The van der Waals surface area contributed by atoms with Gasteiger partial charge in [0.05, 0.1) is 11.3 Å². The van der Waals surface area contributed by atoms with Gasteiger partial charge in [0, 0.05) is 6.04 Å². The lowest BCUT2D eigenvalue weighted by molar-refractivity contribution is 0.0940. The molecule has 0 aliphatic rings. The monoisotopic (exact) mass is 351 g/mol. The maximum absolute atomic E-state index is 12.6. The van der Waals surface area contributed by atoms with Gasteiger partial charge in [0.1, 0.15) is 5.69 Å². The quantitative estimate of drug-likeness (QED) is 0.833. The zero-order valence-corrected chi connectivity index (χ0v) is 14.9. The van der Waals surface area contributed by atoms with Gasteiger partial charge in [-0.1, -0.05) is 24.2 Å². The minimum absolute atomic E-state index is 0.00951. The Balaban J connectivity index is 2.36. The van der Waals surface area contributed by atoms with Crippen molar-refractivity contribution < 1.29 is 17.7 Å². The number of carbonyl (C=O) groups is 1. The molecule has 0 radical (unpaired) electrons. The predicted molar refractivity (Wildman–Crippen MR) is 90.4 cm³/mol. The van der Waals surface area contributed by atoms with Gasteiger partial charge in [-0.15, -0.1) is 0 Å². The fourth-order valence-corrected chi connectivity index (χ4v) is 3.64. The maximum atomic E-state index is 12.6. The molecule has 24 heavy (non-hydrogen) atoms. The molecule has 0 saturated carbocycles. The molecule has 7 nitrogen and oxygen atoms in total. The zero-order valence-electron chi connectivity index (χ0n) is 14.1. The molecule has 0 spiro atoms. The molecule has 2 aromatic rings. The minimum Gasteiger partial charge on any atom is -0.360 e. The fraction of sp³-hybridized carbons (Fsp3) is 0.375. The van der Waals surface area contributed by atoms with Crippen molar-refractivity contribution in [1.82, 2.24) is 10.5 Å². The van der Waals surface area contributed by atoms with Gasteiger partial charge in [-0.05, 0) is 39.3 Å². The molecule has 8 heteroatoms. The Labute approximate surface area is 141 Å². The van der Waals surface area contributed by atoms with Gasteiger partial charge in [0.2, 0.25) is 0 Å². The van der Waals surface area contributed by atoms with Crippen molar-refractivity contribution in [2.75, 3.05) is 4.72 Å². The van der Waals surface area contributed by atoms with Crippen LogP contribution in [0.5, 0.6) is 0 Å². The summed E-state index contributed by atoms with van der Waals surface area (Å²) >= 11 is 0. The molecule has 0 fully saturated rings. The highest BCUT2D eigenvalue weighted by Crippen LogP contribution is 2.24. The number of aryl methyl sites for hydroxylation is 2. The van der Waals surface area contributed by atoms with Crippen molar-refractivity contribution in [3.05, 3.63) is 41.3 Å². The average Bonchev–Trinajstić information content (AvgIpc) is 2.86. The molecule has 0 bridgehead atoms. The van der Waals surface area contributed by atoms with E-state index >= 15 is 0 Å². The Morgan fingerprint density at radius 2 is 1.96 bits per heavy atom. The molecule has 1 amide bonds. The number of hydrogen-bond acceptors (Lipinski definition) is 5. The number of benzene rings is 1. The van der Waals surface area contributed by atoms with Crippen LogP contribution in [0, 0.1) is 13.8 Å². The third kappa shape index (κ3) is 3.76. The SMILES string of the molecule is CC[C@H](C)NC(=O)c1ccccc1NS(=O)(=O)c1c(C)noc1C. The number of anilines is 1. The van der Waals surface area contributed by atoms with Gasteiger partial charge in [-0.3, -0.25) is 9.52 Å². The van der Waals surface area contributed by atoms with Crippen LogP contribution in [-0.4, -0.2) is 25.5 Å². The summed E-state index contributed by atoms with van der Waals surface area (Å²) in [5.74, 6) is -0.136. The van der Waals surface area contributed by atoms with E-state index in [2.05, 4.69) is 15.2 Å². The van der Waals surface area contributed by atoms with Crippen molar-refractivity contribution in [2.24, 2.45) is 0 Å². The van der Waals surface area contributed by atoms with Crippen LogP contribution in [0.4, 0.5) is 5.69 Å². The van der Waals surface area contributed by atoms with E-state index in [-0.39, 0.29) is 39.5 Å². The zero-order chi connectivity index (χ0) is 17.9. The van der Waals surface area contributed by atoms with E-state index in [1.165, 1.54) is 6.92 Å². The highest BCUT2D eigenvalue weighted by atomic mass is 32.2. The molecule has 1 aromatic heterocycles. The Hall–Kier alpha value is -2.35. The summed E-state index contributed by atoms with van der Waals surface area (Å²) in [5.41, 5.74) is 0.730. The van der Waals surface area contributed by atoms with E-state index in [4.69, 9.17) is 4.52 Å². The first-order valence-corrected chi connectivity index (χ1v) is 9.10. The first-order chi connectivity index (χ1) is 11.3. The van der Waals surface area contributed by atoms with Gasteiger partial charge in [0.25, 0.3) is 15.9 Å². The molecule has 2 rings (SSSR count). The van der Waals surface area contributed by atoms with Gasteiger partial charge in [-0.25, -0.2) is 8.42 Å². The van der Waals surface area contributed by atoms with Crippen molar-refractivity contribution >= 4 is 21.6 Å². The molecule has 0 aliphatic heterocycles. The van der Waals surface area contributed by atoms with Gasteiger partial charge in [-0.2, -0.15) is 0 Å². The van der Waals surface area contributed by atoms with Crippen LogP contribution in [0.1, 0.15) is 42.1 Å². The standard InChI is InChI=1S/C16H21N3O4S/c1-5-10(2)17-16(20)13-8-6-7-9-14(13)19-24(21,22)15-11(3)18-23-12(15)4/h6-10,19H,5H2,1-4H3,(H,17,20)/t10-/m0/s1. The number of nitrogens with one attached hydrogen (secondary N) is 2. The third-order valence-corrected chi connectivity index (χ3v) is 5.25. The maximum Gasteiger partial charge on any atom is 0.267 e. The first kappa shape index (κ1) is 18.0. The summed E-state index contributed by atoms with van der Waals surface area (Å²) in [7, 11) is -3.91. The third-order valence-electron chi connectivity index (χ3n) is 3.64. The molecule has 1 aromatic carbocycles. The molecular weight excluding hydrogens is 330 g/mol. The number of para-hydroxylation sites is 1. The van der Waals surface area contributed by atoms with Crippen LogP contribution in [0.2, 0.25) is 0 Å². The van der Waals surface area contributed by atoms with Gasteiger partial charge >= 0.3 is 0 Å². The number of aromatic nitrogens is 1. The summed E-state index contributed by atoms with van der Waals surface area (Å²) in [4.78, 5) is 12.4. The predicted octanol–water partition coefficient (Wildman–Crippen LogP) is 2.62. The Morgan fingerprint density at radius 1 is 1.29 bits per heavy atom. The largest absolute Gasteiger partial charge is 0.360 e. The summed E-state index contributed by atoms with van der Waals surface area (Å²) in [6.07, 6.45) is 0.777. The number of rotatable bonds is 6. The first-order valence-electron chi connectivity index (χ1n) is 7.61. The highest BCUT2D eigenvalue weighted by Gasteiger charge is 2.26. The van der Waals surface area contributed by atoms with E-state index < -0.39 is 10.0 Å². The molecule has 0 aliphatic carbocycles. The van der Waals surface area contributed by atoms with E-state index in [9.17, 15) is 13.2 Å². The van der Waals surface area contributed by atoms with Crippen LogP contribution in [0.25, 0.3) is 0 Å². The summed E-state index contributed by atoms with van der Waals surface area (Å²) in [6.45, 7) is 6.91. The highest BCUT2D eigenvalue weighted by molar-refractivity contribution is 7.92. The molecule has 1 heterocycles. The van der Waals surface area contributed by atoms with Crippen molar-refractivity contribution in [2.45, 2.75) is 45.1 Å². The summed E-state index contributed by atoms with van der Waals surface area (Å²) < 4.78 is 32.6. The Bertz CT molecular complexity index is 823. The smallest absolute Gasteiger partial charge is 0.267 e. The summed E-state index contributed by atoms with van der Waals surface area (Å²) in [5, 5.41) is 6.48. The number of carbonyl (C=O) groups excluding carboxylic acids is 1. The van der Waals surface area contributed by atoms with Crippen LogP contribution in [0.3, 0.4) is 0 Å². The molecular formula is C16H21N3O4S. The lowest BCUT2D eigenvalue weighted by Gasteiger charge is -2.15.